The first-order chi connectivity index (χ1) is 24.4. The van der Waals surface area contributed by atoms with Gasteiger partial charge in [-0.3, -0.25) is 19.4 Å². The second kappa shape index (κ2) is 13.2. The number of benzene rings is 2. The second-order valence-corrected chi connectivity index (χ2v) is 16.3. The van der Waals surface area contributed by atoms with Gasteiger partial charge >= 0.3 is 18.2 Å². The fourth-order valence-electron chi connectivity index (χ4n) is 7.82. The minimum Gasteiger partial charge on any atom is -0.467 e. The third kappa shape index (κ3) is 6.45. The molecule has 52 heavy (non-hydrogen) atoms. The number of carbonyl (C=O) groups excluding carboxylic acids is 5. The van der Waals surface area contributed by atoms with Crippen LogP contribution in [0.5, 0.6) is 0 Å². The zero-order valence-corrected chi connectivity index (χ0v) is 31.3. The number of carbonyl (C=O) groups is 5. The first-order valence-electron chi connectivity index (χ1n) is 17.8. The van der Waals surface area contributed by atoms with Gasteiger partial charge in [0.1, 0.15) is 41.0 Å². The van der Waals surface area contributed by atoms with E-state index in [2.05, 4.69) is 10.6 Å². The summed E-state index contributed by atoms with van der Waals surface area (Å²) in [6, 6.07) is 12.4. The summed E-state index contributed by atoms with van der Waals surface area (Å²) in [5.41, 5.74) is -0.408. The molecule has 0 bridgehead atoms. The number of methoxy groups -OCH3 is 1. The normalized spacial score (nSPS) is 24.3. The van der Waals surface area contributed by atoms with Gasteiger partial charge in [-0.05, 0) is 71.6 Å². The van der Waals surface area contributed by atoms with Crippen molar-refractivity contribution in [2.75, 3.05) is 12.0 Å². The Bertz CT molecular complexity index is 1920. The van der Waals surface area contributed by atoms with E-state index in [9.17, 15) is 24.0 Å². The van der Waals surface area contributed by atoms with Gasteiger partial charge < -0.3 is 29.4 Å². The lowest BCUT2D eigenvalue weighted by Gasteiger charge is -2.39. The largest absolute Gasteiger partial charge is 0.467 e. The number of piperazine rings is 1. The van der Waals surface area contributed by atoms with Crippen LogP contribution in [0.25, 0.3) is 10.9 Å². The highest BCUT2D eigenvalue weighted by Crippen LogP contribution is 2.57. The summed E-state index contributed by atoms with van der Waals surface area (Å²) in [6.07, 6.45) is -0.0260. The summed E-state index contributed by atoms with van der Waals surface area (Å²) in [7, 11) is 1.26. The number of likely N-dealkylation sites (tertiary alicyclic amines) is 1. The summed E-state index contributed by atoms with van der Waals surface area (Å²) in [4.78, 5) is 71.6. The predicted molar refractivity (Wildman–Crippen MR) is 193 cm³/mol. The van der Waals surface area contributed by atoms with Gasteiger partial charge in [0, 0.05) is 35.5 Å². The van der Waals surface area contributed by atoms with Crippen molar-refractivity contribution in [3.05, 3.63) is 65.9 Å². The van der Waals surface area contributed by atoms with Crippen molar-refractivity contribution in [2.45, 2.75) is 116 Å². The first kappa shape index (κ1) is 36.7. The maximum atomic E-state index is 14.3. The second-order valence-electron chi connectivity index (χ2n) is 16.3. The molecule has 5 atom stereocenters. The molecule has 2 aromatic carbocycles. The van der Waals surface area contributed by atoms with E-state index in [4.69, 9.17) is 14.2 Å². The van der Waals surface area contributed by atoms with E-state index in [-0.39, 0.29) is 30.6 Å². The Labute approximate surface area is 303 Å². The van der Waals surface area contributed by atoms with Crippen LogP contribution in [0.1, 0.15) is 79.4 Å². The van der Waals surface area contributed by atoms with Crippen LogP contribution in [0.4, 0.5) is 15.3 Å². The molecule has 3 aliphatic heterocycles. The maximum Gasteiger partial charge on any atom is 0.416 e. The molecule has 0 radical (unpaired) electrons. The number of anilines is 1. The van der Waals surface area contributed by atoms with E-state index in [0.717, 1.165) is 16.5 Å². The monoisotopic (exact) mass is 715 g/mol. The number of fused-ring (bicyclic) bond motifs is 4. The topological polar surface area (TPSA) is 149 Å². The van der Waals surface area contributed by atoms with Crippen LogP contribution in [-0.2, 0) is 40.6 Å². The number of hydrogen-bond donors (Lipinski definition) is 2. The van der Waals surface area contributed by atoms with Crippen molar-refractivity contribution in [1.29, 1.82) is 0 Å². The number of nitrogens with one attached hydrogen (secondary N) is 2. The van der Waals surface area contributed by atoms with Crippen LogP contribution in [0.3, 0.4) is 0 Å². The molecular formula is C39H49N5O8. The molecule has 3 aromatic rings. The fourth-order valence-corrected chi connectivity index (χ4v) is 7.82. The lowest BCUT2D eigenvalue weighted by Crippen LogP contribution is -2.62. The number of para-hydroxylation sites is 2. The molecule has 4 amide bonds. The predicted octanol–water partition coefficient (Wildman–Crippen LogP) is 5.22. The molecule has 0 unspecified atom stereocenters. The van der Waals surface area contributed by atoms with E-state index in [1.807, 2.05) is 61.0 Å². The summed E-state index contributed by atoms with van der Waals surface area (Å²) in [6.45, 7) is 14.5. The van der Waals surface area contributed by atoms with Gasteiger partial charge in [0.05, 0.1) is 12.8 Å². The smallest absolute Gasteiger partial charge is 0.416 e. The number of aromatic nitrogens is 1. The van der Waals surface area contributed by atoms with Crippen molar-refractivity contribution in [2.24, 2.45) is 5.92 Å². The number of ether oxygens (including phenoxy) is 3. The summed E-state index contributed by atoms with van der Waals surface area (Å²) in [5, 5.41) is 6.64. The molecule has 0 saturated carbocycles. The minimum absolute atomic E-state index is 0.0234. The molecule has 2 fully saturated rings. The van der Waals surface area contributed by atoms with Gasteiger partial charge in [-0.15, -0.1) is 0 Å². The van der Waals surface area contributed by atoms with Gasteiger partial charge in [0.25, 0.3) is 0 Å². The number of rotatable bonds is 6. The highest BCUT2D eigenvalue weighted by molar-refractivity contribution is 5.98. The molecule has 2 N–H and O–H groups in total. The van der Waals surface area contributed by atoms with Crippen LogP contribution in [0, 0.1) is 5.92 Å². The standard InChI is InChI=1S/C39H49N5O8/c1-22(2)18-26-31(45)41-27(32(46)40-26)19-23-21-42(28-16-12-10-14-24(23)28)39-20-30(33(47)50-9)44(36(49)52-38(6,7)8)34(39)43(35(48)51-37(3,4)5)29-17-13-11-15-25(29)39/h10-17,21-22,26-27,30,34H,18-20H2,1-9H3,(H,40,46)(H,41,45)/t26-,27+,30-,34-,39+/m1/s1. The zero-order chi connectivity index (χ0) is 37.9. The Balaban J connectivity index is 1.56. The fraction of sp³-hybridized carbons (Fsp3) is 0.513. The Morgan fingerprint density at radius 1 is 0.865 bits per heavy atom. The number of hydrogen-bond acceptors (Lipinski definition) is 8. The first-order valence-corrected chi connectivity index (χ1v) is 17.8. The number of nitrogens with zero attached hydrogens (tertiary/aromatic N) is 3. The van der Waals surface area contributed by atoms with Crippen molar-refractivity contribution >= 4 is 46.6 Å². The van der Waals surface area contributed by atoms with Crippen LogP contribution < -0.4 is 15.5 Å². The average Bonchev–Trinajstić information content (AvgIpc) is 3.67. The van der Waals surface area contributed by atoms with Crippen LogP contribution in [-0.4, -0.2) is 82.0 Å². The highest BCUT2D eigenvalue weighted by atomic mass is 16.6. The quantitative estimate of drug-likeness (QED) is 0.261. The third-order valence-electron chi connectivity index (χ3n) is 9.69. The van der Waals surface area contributed by atoms with Crippen LogP contribution >= 0.6 is 0 Å². The van der Waals surface area contributed by atoms with E-state index in [1.54, 1.807) is 53.7 Å². The van der Waals surface area contributed by atoms with Crippen LogP contribution in [0.2, 0.25) is 0 Å². The van der Waals surface area contributed by atoms with Crippen molar-refractivity contribution in [1.82, 2.24) is 20.1 Å². The molecule has 2 saturated heterocycles. The maximum absolute atomic E-state index is 14.3. The molecule has 13 nitrogen and oxygen atoms in total. The van der Waals surface area contributed by atoms with Gasteiger partial charge in [0.2, 0.25) is 11.8 Å². The average molecular weight is 716 g/mol. The number of amides is 4. The Morgan fingerprint density at radius 2 is 1.46 bits per heavy atom. The summed E-state index contributed by atoms with van der Waals surface area (Å²) < 4.78 is 19.2. The van der Waals surface area contributed by atoms with Crippen molar-refractivity contribution < 1.29 is 38.2 Å². The highest BCUT2D eigenvalue weighted by Gasteiger charge is 2.67. The summed E-state index contributed by atoms with van der Waals surface area (Å²) in [5.74, 6) is -0.963. The molecular weight excluding hydrogens is 666 g/mol. The Hall–Kier alpha value is -5.07. The molecule has 278 valence electrons. The molecule has 4 heterocycles. The molecule has 0 aliphatic carbocycles. The zero-order valence-electron chi connectivity index (χ0n) is 31.3. The third-order valence-corrected chi connectivity index (χ3v) is 9.69. The van der Waals surface area contributed by atoms with Gasteiger partial charge in [0.15, 0.2) is 0 Å². The Kier molecular flexibility index (Phi) is 9.29. The lowest BCUT2D eigenvalue weighted by atomic mass is 9.86. The molecule has 6 rings (SSSR count). The molecule has 13 heteroatoms. The minimum atomic E-state index is -1.26. The molecule has 1 aromatic heterocycles. The Morgan fingerprint density at radius 3 is 2.12 bits per heavy atom. The molecule has 3 aliphatic rings. The van der Waals surface area contributed by atoms with Gasteiger partial charge in [-0.25, -0.2) is 14.4 Å². The van der Waals surface area contributed by atoms with E-state index in [0.29, 0.717) is 17.7 Å². The van der Waals surface area contributed by atoms with E-state index in [1.165, 1.54) is 16.9 Å². The lowest BCUT2D eigenvalue weighted by molar-refractivity contribution is -0.146. The van der Waals surface area contributed by atoms with E-state index < -0.39 is 59.2 Å². The van der Waals surface area contributed by atoms with Crippen molar-refractivity contribution in [3.8, 4) is 0 Å². The van der Waals surface area contributed by atoms with Gasteiger partial charge in [-0.2, -0.15) is 0 Å². The van der Waals surface area contributed by atoms with Crippen LogP contribution in [0.15, 0.2) is 54.7 Å². The van der Waals surface area contributed by atoms with Crippen molar-refractivity contribution in [3.63, 3.8) is 0 Å². The summed E-state index contributed by atoms with van der Waals surface area (Å²) >= 11 is 0. The van der Waals surface area contributed by atoms with Gasteiger partial charge in [-0.1, -0.05) is 50.2 Å². The SMILES string of the molecule is COC(=O)[C@H]1C[C@]2(n3cc(C[C@@H]4NC(=O)[C@@H](CC(C)C)NC4=O)c4ccccc43)c3ccccc3N(C(=O)OC(C)(C)C)[C@@H]2N1C(=O)OC(C)(C)C. The molecule has 0 spiro atoms. The van der Waals surface area contributed by atoms with E-state index >= 15 is 0 Å². The number of esters is 1.